The van der Waals surface area contributed by atoms with Gasteiger partial charge in [-0.05, 0) is 22.0 Å². The van der Waals surface area contributed by atoms with Crippen LogP contribution in [0.15, 0.2) is 26.2 Å². The van der Waals surface area contributed by atoms with E-state index in [1.807, 2.05) is 4.98 Å². The van der Waals surface area contributed by atoms with Gasteiger partial charge in [-0.25, -0.2) is 4.79 Å². The van der Waals surface area contributed by atoms with Crippen LogP contribution in [0.1, 0.15) is 0 Å². The third kappa shape index (κ3) is 1.63. The molecular weight excluding hydrogens is 282 g/mol. The summed E-state index contributed by atoms with van der Waals surface area (Å²) in [6.07, 6.45) is 0. The standard InChI is InChI=1S/C8H4BrN3O4/c9-4-1-3-5(2-6(4)12(15)16)10-8(14)11-7(3)13/h1-2H,(H2,10,11,13,14). The summed E-state index contributed by atoms with van der Waals surface area (Å²) in [5.74, 6) is 0. The van der Waals surface area contributed by atoms with Gasteiger partial charge >= 0.3 is 5.69 Å². The highest BCUT2D eigenvalue weighted by Crippen LogP contribution is 2.27. The van der Waals surface area contributed by atoms with Gasteiger partial charge in [0.1, 0.15) is 0 Å². The monoisotopic (exact) mass is 285 g/mol. The van der Waals surface area contributed by atoms with Gasteiger partial charge in [0.15, 0.2) is 0 Å². The minimum atomic E-state index is -0.700. The van der Waals surface area contributed by atoms with Gasteiger partial charge in [-0.15, -0.1) is 0 Å². The molecule has 0 spiro atoms. The van der Waals surface area contributed by atoms with Gasteiger partial charge in [0.05, 0.1) is 20.3 Å². The Morgan fingerprint density at radius 3 is 2.56 bits per heavy atom. The van der Waals surface area contributed by atoms with Crippen molar-refractivity contribution in [3.63, 3.8) is 0 Å². The highest BCUT2D eigenvalue weighted by Gasteiger charge is 2.14. The zero-order valence-corrected chi connectivity index (χ0v) is 9.20. The smallest absolute Gasteiger partial charge is 0.307 e. The molecule has 0 bridgehead atoms. The Labute approximate surface area is 95.4 Å². The Hall–Kier alpha value is -1.96. The average molecular weight is 286 g/mol. The molecule has 0 saturated carbocycles. The van der Waals surface area contributed by atoms with E-state index in [0.717, 1.165) is 6.07 Å². The van der Waals surface area contributed by atoms with Crippen molar-refractivity contribution in [1.82, 2.24) is 9.97 Å². The van der Waals surface area contributed by atoms with Crippen molar-refractivity contribution in [2.24, 2.45) is 0 Å². The molecule has 2 rings (SSSR count). The lowest BCUT2D eigenvalue weighted by Crippen LogP contribution is -2.21. The quantitative estimate of drug-likeness (QED) is 0.599. The fraction of sp³-hybridized carbons (Fsp3) is 0. The summed E-state index contributed by atoms with van der Waals surface area (Å²) < 4.78 is 0.183. The fourth-order valence-corrected chi connectivity index (χ4v) is 1.81. The minimum absolute atomic E-state index is 0.128. The molecule has 0 saturated heterocycles. The Kier molecular flexibility index (Phi) is 2.35. The minimum Gasteiger partial charge on any atom is -0.307 e. The first-order chi connectivity index (χ1) is 7.49. The number of rotatable bonds is 1. The van der Waals surface area contributed by atoms with Crippen LogP contribution in [0.3, 0.4) is 0 Å². The molecule has 0 aliphatic rings. The van der Waals surface area contributed by atoms with Crippen molar-refractivity contribution >= 4 is 32.5 Å². The zero-order chi connectivity index (χ0) is 11.9. The number of hydrogen-bond acceptors (Lipinski definition) is 4. The van der Waals surface area contributed by atoms with Crippen LogP contribution in [0.25, 0.3) is 10.9 Å². The lowest BCUT2D eigenvalue weighted by Gasteiger charge is -1.98. The molecule has 0 atom stereocenters. The molecule has 0 amide bonds. The Morgan fingerprint density at radius 2 is 1.94 bits per heavy atom. The van der Waals surface area contributed by atoms with Gasteiger partial charge in [0.2, 0.25) is 0 Å². The molecule has 1 heterocycles. The molecule has 0 aliphatic heterocycles. The molecule has 2 aromatic rings. The van der Waals surface area contributed by atoms with E-state index in [2.05, 4.69) is 20.9 Å². The number of nitrogens with zero attached hydrogens (tertiary/aromatic N) is 1. The summed E-state index contributed by atoms with van der Waals surface area (Å²) in [4.78, 5) is 36.7. The number of aromatic nitrogens is 2. The van der Waals surface area contributed by atoms with E-state index in [4.69, 9.17) is 0 Å². The molecule has 0 unspecified atom stereocenters. The Balaban J connectivity index is 2.95. The summed E-state index contributed by atoms with van der Waals surface area (Å²) in [5.41, 5.74) is -1.37. The fourth-order valence-electron chi connectivity index (χ4n) is 1.32. The summed E-state index contributed by atoms with van der Waals surface area (Å²) in [6.45, 7) is 0. The number of aromatic amines is 2. The number of hydrogen-bond donors (Lipinski definition) is 2. The predicted molar refractivity (Wildman–Crippen MR) is 59.5 cm³/mol. The van der Waals surface area contributed by atoms with E-state index in [1.165, 1.54) is 6.07 Å². The van der Waals surface area contributed by atoms with Crippen LogP contribution in [-0.4, -0.2) is 14.9 Å². The largest absolute Gasteiger partial charge is 0.326 e. The summed E-state index contributed by atoms with van der Waals surface area (Å²) in [7, 11) is 0. The van der Waals surface area contributed by atoms with Crippen LogP contribution in [0.2, 0.25) is 0 Å². The van der Waals surface area contributed by atoms with Gasteiger partial charge in [-0.3, -0.25) is 19.9 Å². The van der Waals surface area contributed by atoms with Crippen molar-refractivity contribution in [2.75, 3.05) is 0 Å². The first-order valence-corrected chi connectivity index (χ1v) is 4.88. The van der Waals surface area contributed by atoms with Gasteiger partial charge < -0.3 is 4.98 Å². The Bertz CT molecular complexity index is 702. The molecule has 0 radical (unpaired) electrons. The van der Waals surface area contributed by atoms with Crippen LogP contribution in [-0.2, 0) is 0 Å². The lowest BCUT2D eigenvalue weighted by molar-refractivity contribution is -0.385. The summed E-state index contributed by atoms with van der Waals surface area (Å²) >= 11 is 2.98. The number of benzene rings is 1. The highest BCUT2D eigenvalue weighted by atomic mass is 79.9. The number of H-pyrrole nitrogens is 2. The molecule has 1 aromatic heterocycles. The molecule has 0 aliphatic carbocycles. The molecule has 16 heavy (non-hydrogen) atoms. The first-order valence-electron chi connectivity index (χ1n) is 4.09. The van der Waals surface area contributed by atoms with Gasteiger partial charge in [0, 0.05) is 6.07 Å². The number of nitro benzene ring substituents is 1. The van der Waals surface area contributed by atoms with E-state index in [1.54, 1.807) is 0 Å². The second-order valence-corrected chi connectivity index (χ2v) is 3.87. The Morgan fingerprint density at radius 1 is 1.25 bits per heavy atom. The van der Waals surface area contributed by atoms with Crippen LogP contribution >= 0.6 is 15.9 Å². The van der Waals surface area contributed by atoms with Crippen LogP contribution in [0, 0.1) is 10.1 Å². The van der Waals surface area contributed by atoms with E-state index in [9.17, 15) is 19.7 Å². The maximum Gasteiger partial charge on any atom is 0.326 e. The average Bonchev–Trinajstić information content (AvgIpc) is 2.18. The van der Waals surface area contributed by atoms with Crippen molar-refractivity contribution in [1.29, 1.82) is 0 Å². The van der Waals surface area contributed by atoms with Crippen LogP contribution in [0.5, 0.6) is 0 Å². The van der Waals surface area contributed by atoms with Crippen molar-refractivity contribution in [2.45, 2.75) is 0 Å². The maximum absolute atomic E-state index is 11.4. The summed E-state index contributed by atoms with van der Waals surface area (Å²) in [5, 5.41) is 10.8. The zero-order valence-electron chi connectivity index (χ0n) is 7.61. The number of halogens is 1. The maximum atomic E-state index is 11.4. The summed E-state index contributed by atoms with van der Waals surface area (Å²) in [6, 6.07) is 2.43. The predicted octanol–water partition coefficient (Wildman–Crippen LogP) is 0.887. The third-order valence-corrected chi connectivity index (χ3v) is 2.64. The van der Waals surface area contributed by atoms with Gasteiger partial charge in [-0.2, -0.15) is 0 Å². The van der Waals surface area contributed by atoms with Crippen molar-refractivity contribution in [3.05, 3.63) is 47.6 Å². The van der Waals surface area contributed by atoms with E-state index >= 15 is 0 Å². The van der Waals surface area contributed by atoms with Crippen LogP contribution in [0.4, 0.5) is 5.69 Å². The number of nitrogens with one attached hydrogen (secondary N) is 2. The first kappa shape index (κ1) is 10.6. The second-order valence-electron chi connectivity index (χ2n) is 3.01. The molecule has 0 fully saturated rings. The SMILES string of the molecule is O=c1[nH]c(=O)c2cc(Br)c([N+](=O)[O-])cc2[nH]1. The van der Waals surface area contributed by atoms with Gasteiger partial charge in [-0.1, -0.05) is 0 Å². The van der Waals surface area contributed by atoms with Gasteiger partial charge in [0.25, 0.3) is 11.2 Å². The van der Waals surface area contributed by atoms with Crippen LogP contribution < -0.4 is 11.2 Å². The van der Waals surface area contributed by atoms with Crippen molar-refractivity contribution in [3.8, 4) is 0 Å². The molecule has 1 aromatic carbocycles. The topological polar surface area (TPSA) is 109 Å². The highest BCUT2D eigenvalue weighted by molar-refractivity contribution is 9.10. The second kappa shape index (κ2) is 3.56. The van der Waals surface area contributed by atoms with E-state index in [-0.39, 0.29) is 21.1 Å². The lowest BCUT2D eigenvalue weighted by atomic mass is 10.2. The number of nitro groups is 1. The number of fused-ring (bicyclic) bond motifs is 1. The third-order valence-electron chi connectivity index (χ3n) is 2.00. The molecular formula is C8H4BrN3O4. The van der Waals surface area contributed by atoms with E-state index < -0.39 is 16.2 Å². The van der Waals surface area contributed by atoms with Crippen molar-refractivity contribution < 1.29 is 4.92 Å². The molecule has 2 N–H and O–H groups in total. The van der Waals surface area contributed by atoms with E-state index in [0.29, 0.717) is 0 Å². The molecule has 7 nitrogen and oxygen atoms in total. The normalized spacial score (nSPS) is 10.6. The molecule has 82 valence electrons. The molecule has 8 heteroatoms.